The molecule has 17 heavy (non-hydrogen) atoms. The number of carbonyl (C=O) groups is 3. The van der Waals surface area contributed by atoms with Gasteiger partial charge >= 0.3 is 5.97 Å². The van der Waals surface area contributed by atoms with Crippen molar-refractivity contribution in [1.29, 1.82) is 0 Å². The van der Waals surface area contributed by atoms with E-state index in [2.05, 4.69) is 10.6 Å². The van der Waals surface area contributed by atoms with Crippen molar-refractivity contribution in [3.05, 3.63) is 0 Å². The Morgan fingerprint density at radius 2 is 1.35 bits per heavy atom. The summed E-state index contributed by atoms with van der Waals surface area (Å²) in [5.41, 5.74) is 8.65. The van der Waals surface area contributed by atoms with E-state index in [1.165, 1.54) is 13.8 Å². The van der Waals surface area contributed by atoms with Crippen LogP contribution in [0.3, 0.4) is 0 Å². The number of nitrogens with one attached hydrogen (secondary N) is 2. The average molecular weight is 246 g/mol. The molecule has 98 valence electrons. The molecule has 0 aliphatic carbocycles. The normalized spacial score (nSPS) is 17.5. The first-order valence-corrected chi connectivity index (χ1v) is 4.98. The highest BCUT2D eigenvalue weighted by atomic mass is 16.4. The van der Waals surface area contributed by atoms with Crippen molar-refractivity contribution in [3.63, 3.8) is 0 Å². The van der Waals surface area contributed by atoms with Gasteiger partial charge in [0, 0.05) is 0 Å². The molecular weight excluding hydrogens is 228 g/mol. The maximum absolute atomic E-state index is 11.3. The van der Waals surface area contributed by atoms with Crippen LogP contribution in [0.5, 0.6) is 0 Å². The third-order valence-electron chi connectivity index (χ3n) is 2.00. The standard InChI is InChI=1S/C9H18N4O4/c1-4(10)6(14)12-9(3,8(16)17)13-7(15)5(2)11/h4-5H,10-11H2,1-3H3,(H,12,14)(H,13,15)(H,16,17). The Kier molecular flexibility index (Phi) is 5.05. The topological polar surface area (TPSA) is 148 Å². The fourth-order valence-corrected chi connectivity index (χ4v) is 0.859. The van der Waals surface area contributed by atoms with Crippen LogP contribution in [0.25, 0.3) is 0 Å². The van der Waals surface area contributed by atoms with Gasteiger partial charge in [0.15, 0.2) is 0 Å². The molecule has 8 nitrogen and oxygen atoms in total. The average Bonchev–Trinajstić information content (AvgIpc) is 2.16. The SMILES string of the molecule is CC(N)C(=O)NC(C)(NC(=O)C(C)N)C(=O)O. The lowest BCUT2D eigenvalue weighted by atomic mass is 10.1. The molecule has 0 aliphatic heterocycles. The first-order valence-electron chi connectivity index (χ1n) is 4.98. The minimum Gasteiger partial charge on any atom is -0.478 e. The predicted molar refractivity (Wildman–Crippen MR) is 59.6 cm³/mol. The van der Waals surface area contributed by atoms with E-state index < -0.39 is 35.5 Å². The van der Waals surface area contributed by atoms with Gasteiger partial charge in [-0.2, -0.15) is 0 Å². The van der Waals surface area contributed by atoms with Crippen LogP contribution in [0.15, 0.2) is 0 Å². The van der Waals surface area contributed by atoms with Crippen LogP contribution in [-0.4, -0.2) is 40.6 Å². The van der Waals surface area contributed by atoms with Crippen molar-refractivity contribution >= 4 is 17.8 Å². The minimum absolute atomic E-state index is 0.695. The highest BCUT2D eigenvalue weighted by molar-refractivity contribution is 5.93. The second kappa shape index (κ2) is 5.60. The molecule has 2 amide bonds. The van der Waals surface area contributed by atoms with Crippen molar-refractivity contribution in [2.24, 2.45) is 11.5 Å². The van der Waals surface area contributed by atoms with E-state index in [-0.39, 0.29) is 0 Å². The Labute approximate surface area is 98.7 Å². The number of hydrogen-bond acceptors (Lipinski definition) is 5. The molecule has 0 radical (unpaired) electrons. The van der Waals surface area contributed by atoms with Crippen molar-refractivity contribution in [2.45, 2.75) is 38.5 Å². The predicted octanol–water partition coefficient (Wildman–Crippen LogP) is -2.29. The van der Waals surface area contributed by atoms with E-state index >= 15 is 0 Å². The van der Waals surface area contributed by atoms with Gasteiger partial charge in [0.1, 0.15) is 0 Å². The molecule has 0 aromatic carbocycles. The molecule has 0 heterocycles. The molecule has 7 N–H and O–H groups in total. The lowest BCUT2D eigenvalue weighted by Crippen LogP contribution is -2.66. The van der Waals surface area contributed by atoms with Crippen LogP contribution >= 0.6 is 0 Å². The zero-order chi connectivity index (χ0) is 13.8. The van der Waals surface area contributed by atoms with Gasteiger partial charge in [-0.05, 0) is 20.8 Å². The first-order chi connectivity index (χ1) is 7.60. The van der Waals surface area contributed by atoms with Crippen LogP contribution in [0, 0.1) is 0 Å². The van der Waals surface area contributed by atoms with Gasteiger partial charge in [-0.25, -0.2) is 4.79 Å². The quantitative estimate of drug-likeness (QED) is 0.345. The molecule has 0 aliphatic rings. The van der Waals surface area contributed by atoms with Crippen molar-refractivity contribution in [1.82, 2.24) is 10.6 Å². The van der Waals surface area contributed by atoms with Crippen molar-refractivity contribution in [3.8, 4) is 0 Å². The van der Waals surface area contributed by atoms with E-state index in [0.717, 1.165) is 6.92 Å². The second-order valence-electron chi connectivity index (χ2n) is 3.99. The highest BCUT2D eigenvalue weighted by Gasteiger charge is 2.37. The fourth-order valence-electron chi connectivity index (χ4n) is 0.859. The number of carbonyl (C=O) groups excluding carboxylic acids is 2. The maximum atomic E-state index is 11.3. The Morgan fingerprint density at radius 3 is 1.53 bits per heavy atom. The number of rotatable bonds is 5. The maximum Gasteiger partial charge on any atom is 0.350 e. The molecular formula is C9H18N4O4. The molecule has 0 fully saturated rings. The summed E-state index contributed by atoms with van der Waals surface area (Å²) in [5, 5.41) is 13.2. The molecule has 0 bridgehead atoms. The Bertz CT molecular complexity index is 305. The number of nitrogens with two attached hydrogens (primary N) is 2. The van der Waals surface area contributed by atoms with Crippen LogP contribution in [-0.2, 0) is 14.4 Å². The zero-order valence-corrected chi connectivity index (χ0v) is 9.98. The highest BCUT2D eigenvalue weighted by Crippen LogP contribution is 2.00. The Morgan fingerprint density at radius 1 is 1.06 bits per heavy atom. The van der Waals surface area contributed by atoms with E-state index in [1.54, 1.807) is 0 Å². The zero-order valence-electron chi connectivity index (χ0n) is 9.98. The lowest BCUT2D eigenvalue weighted by Gasteiger charge is -2.28. The Hall–Kier alpha value is -1.67. The van der Waals surface area contributed by atoms with E-state index in [4.69, 9.17) is 16.6 Å². The summed E-state index contributed by atoms with van der Waals surface area (Å²) < 4.78 is 0. The van der Waals surface area contributed by atoms with Crippen LogP contribution < -0.4 is 22.1 Å². The van der Waals surface area contributed by atoms with Gasteiger partial charge in [-0.15, -0.1) is 0 Å². The lowest BCUT2D eigenvalue weighted by molar-refractivity contribution is -0.151. The third-order valence-corrected chi connectivity index (χ3v) is 2.00. The first kappa shape index (κ1) is 15.3. The molecule has 8 heteroatoms. The van der Waals surface area contributed by atoms with Gasteiger partial charge in [-0.3, -0.25) is 9.59 Å². The number of hydrogen-bond donors (Lipinski definition) is 5. The molecule has 0 aromatic rings. The second-order valence-corrected chi connectivity index (χ2v) is 3.99. The summed E-state index contributed by atoms with van der Waals surface area (Å²) in [7, 11) is 0. The minimum atomic E-state index is -1.94. The van der Waals surface area contributed by atoms with Gasteiger partial charge < -0.3 is 27.2 Å². The van der Waals surface area contributed by atoms with Crippen LogP contribution in [0.1, 0.15) is 20.8 Å². The van der Waals surface area contributed by atoms with Crippen LogP contribution in [0.2, 0.25) is 0 Å². The number of carboxylic acid groups (broad SMARTS) is 1. The van der Waals surface area contributed by atoms with Crippen molar-refractivity contribution in [2.75, 3.05) is 0 Å². The number of amides is 2. The summed E-state index contributed by atoms with van der Waals surface area (Å²) >= 11 is 0. The number of carboxylic acids is 1. The van der Waals surface area contributed by atoms with Gasteiger partial charge in [0.05, 0.1) is 12.1 Å². The summed E-state index contributed by atoms with van der Waals surface area (Å²) in [6.45, 7) is 3.92. The van der Waals surface area contributed by atoms with Gasteiger partial charge in [0.25, 0.3) is 0 Å². The smallest absolute Gasteiger partial charge is 0.350 e. The van der Waals surface area contributed by atoms with E-state index in [1.807, 2.05) is 0 Å². The fraction of sp³-hybridized carbons (Fsp3) is 0.667. The largest absolute Gasteiger partial charge is 0.478 e. The van der Waals surface area contributed by atoms with Crippen molar-refractivity contribution < 1.29 is 19.5 Å². The van der Waals surface area contributed by atoms with E-state index in [9.17, 15) is 14.4 Å². The Balaban J connectivity index is 4.87. The summed E-state index contributed by atoms with van der Waals surface area (Å²) in [6.07, 6.45) is 0. The molecule has 2 atom stereocenters. The third kappa shape index (κ3) is 4.37. The van der Waals surface area contributed by atoms with E-state index in [0.29, 0.717) is 0 Å². The number of aliphatic carboxylic acids is 1. The summed E-state index contributed by atoms with van der Waals surface area (Å²) in [5.74, 6) is -2.81. The van der Waals surface area contributed by atoms with Crippen LogP contribution in [0.4, 0.5) is 0 Å². The summed E-state index contributed by atoms with van der Waals surface area (Å²) in [6, 6.07) is -1.78. The molecule has 0 saturated carbocycles. The molecule has 2 unspecified atom stereocenters. The molecule has 0 aromatic heterocycles. The van der Waals surface area contributed by atoms with Gasteiger partial charge in [0.2, 0.25) is 17.5 Å². The van der Waals surface area contributed by atoms with Gasteiger partial charge in [-0.1, -0.05) is 0 Å². The summed E-state index contributed by atoms with van der Waals surface area (Å²) in [4.78, 5) is 33.7. The monoisotopic (exact) mass is 246 g/mol. The molecule has 0 rings (SSSR count). The molecule has 0 saturated heterocycles. The molecule has 0 spiro atoms.